The van der Waals surface area contributed by atoms with Crippen LogP contribution in [0.2, 0.25) is 0 Å². The van der Waals surface area contributed by atoms with Gasteiger partial charge in [-0.15, -0.1) is 0 Å². The number of benzene rings is 1. The summed E-state index contributed by atoms with van der Waals surface area (Å²) in [6.07, 6.45) is 1.46. The maximum Gasteiger partial charge on any atom is 0.293 e. The number of anilines is 1. The Labute approximate surface area is 118 Å². The molecule has 0 aromatic heterocycles. The smallest absolute Gasteiger partial charge is 0.293 e. The lowest BCUT2D eigenvalue weighted by atomic mass is 10.1. The molecule has 8 heteroatoms. The third-order valence-electron chi connectivity index (χ3n) is 2.62. The molecule has 1 N–H and O–H groups in total. The van der Waals surface area contributed by atoms with Crippen molar-refractivity contribution < 1.29 is 14.5 Å². The van der Waals surface area contributed by atoms with E-state index < -0.39 is 16.1 Å². The first-order chi connectivity index (χ1) is 9.38. The zero-order valence-corrected chi connectivity index (χ0v) is 11.6. The summed E-state index contributed by atoms with van der Waals surface area (Å²) in [4.78, 5) is 34.9. The molecule has 1 saturated heterocycles. The van der Waals surface area contributed by atoms with Gasteiger partial charge in [0.05, 0.1) is 9.83 Å². The standard InChI is InChI=1S/C12H11N3O4S/c1-14(2)8-4-3-7(5-9(8)15(18)19)6-10-11(16)13-12(17)20-10/h3-6H,1-2H3,(H,13,16,17)/b10-6-. The molecule has 1 aromatic carbocycles. The van der Waals surface area contributed by atoms with E-state index in [4.69, 9.17) is 0 Å². The van der Waals surface area contributed by atoms with E-state index in [2.05, 4.69) is 5.32 Å². The highest BCUT2D eigenvalue weighted by molar-refractivity contribution is 8.18. The van der Waals surface area contributed by atoms with Crippen LogP contribution in [0, 0.1) is 10.1 Å². The summed E-state index contributed by atoms with van der Waals surface area (Å²) in [5, 5.41) is 12.7. The van der Waals surface area contributed by atoms with Gasteiger partial charge in [-0.1, -0.05) is 6.07 Å². The van der Waals surface area contributed by atoms with Gasteiger partial charge in [0.25, 0.3) is 16.8 Å². The number of hydrogen-bond acceptors (Lipinski definition) is 6. The molecular weight excluding hydrogens is 282 g/mol. The average Bonchev–Trinajstić information content (AvgIpc) is 2.67. The van der Waals surface area contributed by atoms with E-state index in [-0.39, 0.29) is 10.6 Å². The first-order valence-electron chi connectivity index (χ1n) is 5.59. The third kappa shape index (κ3) is 2.80. The van der Waals surface area contributed by atoms with E-state index in [1.54, 1.807) is 31.1 Å². The van der Waals surface area contributed by atoms with E-state index in [9.17, 15) is 19.7 Å². The number of nitrogens with one attached hydrogen (secondary N) is 1. The first-order valence-corrected chi connectivity index (χ1v) is 6.41. The molecule has 104 valence electrons. The lowest BCUT2D eigenvalue weighted by Gasteiger charge is -2.12. The predicted molar refractivity (Wildman–Crippen MR) is 76.5 cm³/mol. The van der Waals surface area contributed by atoms with Crippen molar-refractivity contribution in [2.45, 2.75) is 0 Å². The Morgan fingerprint density at radius 1 is 1.35 bits per heavy atom. The minimum absolute atomic E-state index is 0.0564. The number of imide groups is 1. The molecule has 1 heterocycles. The summed E-state index contributed by atoms with van der Waals surface area (Å²) in [5.41, 5.74) is 0.908. The molecule has 1 fully saturated rings. The van der Waals surface area contributed by atoms with Crippen LogP contribution >= 0.6 is 11.8 Å². The van der Waals surface area contributed by atoms with Crippen molar-refractivity contribution in [3.63, 3.8) is 0 Å². The van der Waals surface area contributed by atoms with Crippen LogP contribution in [0.3, 0.4) is 0 Å². The SMILES string of the molecule is CN(C)c1ccc(/C=C2\SC(=O)NC2=O)cc1[N+](=O)[O-]. The minimum atomic E-state index is -0.487. The zero-order chi connectivity index (χ0) is 14.9. The van der Waals surface area contributed by atoms with Crippen molar-refractivity contribution in [1.82, 2.24) is 5.32 Å². The highest BCUT2D eigenvalue weighted by Crippen LogP contribution is 2.31. The fourth-order valence-electron chi connectivity index (χ4n) is 1.73. The van der Waals surface area contributed by atoms with Crippen LogP contribution in [0.4, 0.5) is 16.2 Å². The molecule has 0 radical (unpaired) electrons. The van der Waals surface area contributed by atoms with Gasteiger partial charge in [0, 0.05) is 20.2 Å². The van der Waals surface area contributed by atoms with Crippen LogP contribution in [-0.4, -0.2) is 30.2 Å². The average molecular weight is 293 g/mol. The Hall–Kier alpha value is -2.35. The van der Waals surface area contributed by atoms with Crippen molar-refractivity contribution in [3.8, 4) is 0 Å². The molecule has 20 heavy (non-hydrogen) atoms. The van der Waals surface area contributed by atoms with E-state index in [1.807, 2.05) is 0 Å². The summed E-state index contributed by atoms with van der Waals surface area (Å²) in [6, 6.07) is 4.63. The van der Waals surface area contributed by atoms with Crippen molar-refractivity contribution in [2.24, 2.45) is 0 Å². The summed E-state index contributed by atoms with van der Waals surface area (Å²) in [5.74, 6) is -0.487. The lowest BCUT2D eigenvalue weighted by Crippen LogP contribution is -2.17. The number of nitro groups is 1. The fourth-order valence-corrected chi connectivity index (χ4v) is 2.41. The lowest BCUT2D eigenvalue weighted by molar-refractivity contribution is -0.384. The third-order valence-corrected chi connectivity index (χ3v) is 3.43. The van der Waals surface area contributed by atoms with Gasteiger partial charge in [-0.25, -0.2) is 0 Å². The molecule has 2 amide bonds. The molecule has 0 atom stereocenters. The van der Waals surface area contributed by atoms with Crippen molar-refractivity contribution >= 4 is 40.4 Å². The second-order valence-corrected chi connectivity index (χ2v) is 5.27. The van der Waals surface area contributed by atoms with Crippen molar-refractivity contribution in [2.75, 3.05) is 19.0 Å². The molecule has 1 aromatic rings. The number of nitro benzene ring substituents is 1. The monoisotopic (exact) mass is 293 g/mol. The highest BCUT2D eigenvalue weighted by Gasteiger charge is 2.25. The molecule has 2 rings (SSSR count). The number of amides is 2. The van der Waals surface area contributed by atoms with Crippen LogP contribution in [0.1, 0.15) is 5.56 Å². The Morgan fingerprint density at radius 3 is 2.55 bits per heavy atom. The topological polar surface area (TPSA) is 92.6 Å². The van der Waals surface area contributed by atoms with Crippen LogP contribution in [0.5, 0.6) is 0 Å². The van der Waals surface area contributed by atoms with Crippen LogP contribution < -0.4 is 10.2 Å². The van der Waals surface area contributed by atoms with Gasteiger partial charge >= 0.3 is 0 Å². The second-order valence-electron chi connectivity index (χ2n) is 4.25. The Kier molecular flexibility index (Phi) is 3.75. The van der Waals surface area contributed by atoms with Gasteiger partial charge in [0.1, 0.15) is 5.69 Å². The number of hydrogen-bond donors (Lipinski definition) is 1. The van der Waals surface area contributed by atoms with Crippen LogP contribution in [0.15, 0.2) is 23.1 Å². The molecule has 1 aliphatic heterocycles. The number of nitrogens with zero attached hydrogens (tertiary/aromatic N) is 2. The Morgan fingerprint density at radius 2 is 2.05 bits per heavy atom. The Balaban J connectivity index is 2.42. The van der Waals surface area contributed by atoms with E-state index in [1.165, 1.54) is 12.1 Å². The van der Waals surface area contributed by atoms with Crippen LogP contribution in [0.25, 0.3) is 6.08 Å². The number of rotatable bonds is 3. The summed E-state index contributed by atoms with van der Waals surface area (Å²) >= 11 is 0.775. The van der Waals surface area contributed by atoms with Gasteiger partial charge in [-0.05, 0) is 29.5 Å². The van der Waals surface area contributed by atoms with Crippen molar-refractivity contribution in [1.29, 1.82) is 0 Å². The summed E-state index contributed by atoms with van der Waals surface area (Å²) in [7, 11) is 3.42. The second kappa shape index (κ2) is 5.33. The quantitative estimate of drug-likeness (QED) is 0.520. The number of carbonyl (C=O) groups is 2. The molecule has 7 nitrogen and oxygen atoms in total. The van der Waals surface area contributed by atoms with Gasteiger partial charge in [0.15, 0.2) is 0 Å². The van der Waals surface area contributed by atoms with Gasteiger partial charge in [-0.3, -0.25) is 25.0 Å². The number of thioether (sulfide) groups is 1. The van der Waals surface area contributed by atoms with Crippen LogP contribution in [-0.2, 0) is 4.79 Å². The summed E-state index contributed by atoms with van der Waals surface area (Å²) < 4.78 is 0. The van der Waals surface area contributed by atoms with E-state index in [0.717, 1.165) is 11.8 Å². The maximum absolute atomic E-state index is 11.4. The highest BCUT2D eigenvalue weighted by atomic mass is 32.2. The molecule has 1 aliphatic rings. The molecular formula is C12H11N3O4S. The van der Waals surface area contributed by atoms with Gasteiger partial charge in [0.2, 0.25) is 0 Å². The number of carbonyl (C=O) groups excluding carboxylic acids is 2. The van der Waals surface area contributed by atoms with Crippen molar-refractivity contribution in [3.05, 3.63) is 38.8 Å². The van der Waals surface area contributed by atoms with Gasteiger partial charge in [-0.2, -0.15) is 0 Å². The largest absolute Gasteiger partial charge is 0.372 e. The molecule has 0 saturated carbocycles. The Bertz CT molecular complexity index is 640. The zero-order valence-electron chi connectivity index (χ0n) is 10.7. The normalized spacial score (nSPS) is 16.4. The molecule has 0 aliphatic carbocycles. The first kappa shape index (κ1) is 14.1. The maximum atomic E-state index is 11.4. The fraction of sp³-hybridized carbons (Fsp3) is 0.167. The summed E-state index contributed by atoms with van der Waals surface area (Å²) in [6.45, 7) is 0. The molecule has 0 spiro atoms. The molecule has 0 unspecified atom stereocenters. The van der Waals surface area contributed by atoms with Gasteiger partial charge < -0.3 is 4.90 Å². The predicted octanol–water partition coefficient (Wildman–Crippen LogP) is 1.98. The minimum Gasteiger partial charge on any atom is -0.372 e. The van der Waals surface area contributed by atoms with E-state index in [0.29, 0.717) is 11.3 Å². The molecule has 0 bridgehead atoms. The van der Waals surface area contributed by atoms with E-state index >= 15 is 0 Å².